The van der Waals surface area contributed by atoms with Gasteiger partial charge in [-0.05, 0) is 101 Å². The third-order valence-electron chi connectivity index (χ3n) is 4.13. The molecule has 2 saturated carbocycles. The molecule has 2 aliphatic carbocycles. The number of aliphatic hydroxyl groups is 2. The number of ether oxygens (including phenoxy) is 1. The van der Waals surface area contributed by atoms with E-state index in [0.717, 1.165) is 23.7 Å². The van der Waals surface area contributed by atoms with Gasteiger partial charge in [0.25, 0.3) is 0 Å². The van der Waals surface area contributed by atoms with Crippen molar-refractivity contribution in [2.75, 3.05) is 19.8 Å². The first-order valence-electron chi connectivity index (χ1n) is 6.19. The zero-order valence-corrected chi connectivity index (χ0v) is 17.3. The lowest BCUT2D eigenvalue weighted by Gasteiger charge is -2.35. The van der Waals surface area contributed by atoms with Gasteiger partial charge in [0.2, 0.25) is 0 Å². The molecule has 108 valence electrons. The molecular weight excluding hydrogens is 593 g/mol. The molecule has 3 nitrogen and oxygen atoms in total. The molecule has 0 aromatic rings. The summed E-state index contributed by atoms with van der Waals surface area (Å²) in [5.74, 6) is 2.41. The summed E-state index contributed by atoms with van der Waals surface area (Å²) >= 11 is 7.96. The Kier molecular flexibility index (Phi) is 6.64. The van der Waals surface area contributed by atoms with Gasteiger partial charge in [-0.1, -0.05) is 1.54 Å². The predicted molar refractivity (Wildman–Crippen MR) is 102 cm³/mol. The fourth-order valence-electron chi connectivity index (χ4n) is 3.28. The summed E-state index contributed by atoms with van der Waals surface area (Å²) < 4.78 is 5.04. The lowest BCUT2D eigenvalue weighted by atomic mass is 9.89. The van der Waals surface area contributed by atoms with Crippen molar-refractivity contribution in [3.05, 3.63) is 0 Å². The highest BCUT2D eigenvalue weighted by Gasteiger charge is 2.50. The van der Waals surface area contributed by atoms with Crippen LogP contribution in [0, 0.1) is 17.8 Å². The van der Waals surface area contributed by atoms with E-state index in [1.165, 1.54) is 19.3 Å². The van der Waals surface area contributed by atoms with Crippen molar-refractivity contribution >= 4 is 65.2 Å². The van der Waals surface area contributed by atoms with Crippen LogP contribution in [0.3, 0.4) is 0 Å². The molecule has 0 heterocycles. The zero-order valence-electron chi connectivity index (χ0n) is 9.97. The molecule has 0 radical (unpaired) electrons. The molecule has 5 atom stereocenters. The van der Waals surface area contributed by atoms with Crippen LogP contribution in [0.5, 0.6) is 0 Å². The zero-order chi connectivity index (χ0) is 13.3. The minimum Gasteiger partial charge on any atom is -0.394 e. The largest absolute Gasteiger partial charge is 0.394 e. The molecule has 2 bridgehead atoms. The highest BCUT2D eigenvalue weighted by Crippen LogP contribution is 2.79. The standard InChI is InChI=1S/C11H19I3O3S/c12-18(13,14)11-3-7-1-8(11)2-9(7)5-17-6-10(16)4-15/h7-11,15-16H,1-6H2. The van der Waals surface area contributed by atoms with E-state index < -0.39 is 7.65 Å². The van der Waals surface area contributed by atoms with Crippen LogP contribution in [0.4, 0.5) is 0 Å². The summed E-state index contributed by atoms with van der Waals surface area (Å²) in [5, 5.41) is 18.9. The molecule has 0 spiro atoms. The summed E-state index contributed by atoms with van der Waals surface area (Å²) in [6.07, 6.45) is 3.33. The van der Waals surface area contributed by atoms with E-state index in [2.05, 4.69) is 63.6 Å². The Labute approximate surface area is 146 Å². The van der Waals surface area contributed by atoms with Gasteiger partial charge in [0, 0.05) is 11.9 Å². The van der Waals surface area contributed by atoms with Gasteiger partial charge < -0.3 is 14.9 Å². The molecule has 0 aromatic carbocycles. The topological polar surface area (TPSA) is 49.7 Å². The van der Waals surface area contributed by atoms with Crippen molar-refractivity contribution in [3.8, 4) is 0 Å². The van der Waals surface area contributed by atoms with Crippen LogP contribution in [0.25, 0.3) is 0 Å². The Morgan fingerprint density at radius 1 is 1.17 bits per heavy atom. The second-order valence-corrected chi connectivity index (χ2v) is 34.5. The van der Waals surface area contributed by atoms with Crippen LogP contribution >= 0.6 is 65.2 Å². The van der Waals surface area contributed by atoms with Crippen LogP contribution < -0.4 is 0 Å². The number of hydrogen-bond acceptors (Lipinski definition) is 3. The Morgan fingerprint density at radius 3 is 2.39 bits per heavy atom. The minimum atomic E-state index is -0.716. The fraction of sp³-hybridized carbons (Fsp3) is 1.00. The van der Waals surface area contributed by atoms with Crippen LogP contribution in [0.2, 0.25) is 0 Å². The summed E-state index contributed by atoms with van der Waals surface area (Å²) in [4.78, 5) is 0. The van der Waals surface area contributed by atoms with Gasteiger partial charge >= 0.3 is 0 Å². The van der Waals surface area contributed by atoms with Gasteiger partial charge in [-0.15, -0.1) is 0 Å². The Balaban J connectivity index is 1.74. The SMILES string of the molecule is OCC(O)COCC1CC2CC1CC2S(I)(I)I. The first-order chi connectivity index (χ1) is 8.41. The predicted octanol–water partition coefficient (Wildman–Crippen LogP) is 3.63. The van der Waals surface area contributed by atoms with E-state index in [0.29, 0.717) is 5.92 Å². The van der Waals surface area contributed by atoms with Crippen LogP contribution in [0.1, 0.15) is 19.3 Å². The first kappa shape index (κ1) is 16.8. The van der Waals surface area contributed by atoms with Crippen molar-refractivity contribution in [2.45, 2.75) is 30.6 Å². The number of hydrogen-bond donors (Lipinski definition) is 2. The average Bonchev–Trinajstić information content (AvgIpc) is 2.87. The number of aliphatic hydroxyl groups excluding tert-OH is 2. The maximum Gasteiger partial charge on any atom is 0.100 e. The summed E-state index contributed by atoms with van der Waals surface area (Å²) in [6.45, 7) is 0.827. The molecule has 18 heavy (non-hydrogen) atoms. The van der Waals surface area contributed by atoms with E-state index in [1.54, 1.807) is 0 Å². The fourth-order valence-corrected chi connectivity index (χ4v) is 10.0. The van der Waals surface area contributed by atoms with Gasteiger partial charge in [0.05, 0.1) is 13.2 Å². The molecule has 2 aliphatic rings. The van der Waals surface area contributed by atoms with Crippen LogP contribution in [-0.2, 0) is 4.74 Å². The van der Waals surface area contributed by atoms with Gasteiger partial charge in [0.15, 0.2) is 0 Å². The Bertz CT molecular complexity index is 287. The van der Waals surface area contributed by atoms with Crippen molar-refractivity contribution in [1.29, 1.82) is 0 Å². The monoisotopic (exact) mass is 612 g/mol. The number of fused-ring (bicyclic) bond motifs is 2. The van der Waals surface area contributed by atoms with Crippen molar-refractivity contribution in [3.63, 3.8) is 0 Å². The maximum absolute atomic E-state index is 9.24. The smallest absolute Gasteiger partial charge is 0.100 e. The molecule has 0 aromatic heterocycles. The van der Waals surface area contributed by atoms with E-state index in [1.807, 2.05) is 0 Å². The van der Waals surface area contributed by atoms with Crippen LogP contribution in [-0.4, -0.2) is 41.4 Å². The molecule has 2 N–H and O–H groups in total. The lowest BCUT2D eigenvalue weighted by molar-refractivity contribution is -0.0103. The van der Waals surface area contributed by atoms with E-state index in [4.69, 9.17) is 9.84 Å². The van der Waals surface area contributed by atoms with Crippen molar-refractivity contribution in [1.82, 2.24) is 0 Å². The van der Waals surface area contributed by atoms with Gasteiger partial charge in [-0.25, -0.2) is 0 Å². The third-order valence-corrected chi connectivity index (χ3v) is 11.3. The Hall–Kier alpha value is 2.42. The van der Waals surface area contributed by atoms with Gasteiger partial charge in [0.1, 0.15) is 6.10 Å². The van der Waals surface area contributed by atoms with Crippen molar-refractivity contribution in [2.24, 2.45) is 17.8 Å². The summed E-state index contributed by atoms with van der Waals surface area (Å²) in [5.41, 5.74) is 0. The molecule has 0 saturated heterocycles. The second-order valence-electron chi connectivity index (χ2n) is 5.34. The second kappa shape index (κ2) is 7.12. The summed E-state index contributed by atoms with van der Waals surface area (Å²) in [7, 11) is 0. The van der Waals surface area contributed by atoms with Crippen LogP contribution in [0.15, 0.2) is 0 Å². The first-order valence-corrected chi connectivity index (χ1v) is 15.5. The third kappa shape index (κ3) is 4.21. The average molecular weight is 612 g/mol. The van der Waals surface area contributed by atoms with E-state index >= 15 is 0 Å². The summed E-state index contributed by atoms with van der Waals surface area (Å²) in [6, 6.07) is 0. The molecule has 0 aliphatic heterocycles. The molecular formula is C11H19I3O3S. The van der Waals surface area contributed by atoms with E-state index in [9.17, 15) is 5.11 Å². The minimum absolute atomic E-state index is 0.205. The number of rotatable bonds is 6. The maximum atomic E-state index is 9.24. The molecule has 2 rings (SSSR count). The highest BCUT2D eigenvalue weighted by molar-refractivity contribution is 14.5. The van der Waals surface area contributed by atoms with Crippen molar-refractivity contribution < 1.29 is 14.9 Å². The molecule has 2 fully saturated rings. The molecule has 5 unspecified atom stereocenters. The highest BCUT2D eigenvalue weighted by atomic mass is 127. The normalized spacial score (nSPS) is 38.1. The van der Waals surface area contributed by atoms with E-state index in [-0.39, 0.29) is 13.2 Å². The quantitative estimate of drug-likeness (QED) is 0.452. The Morgan fingerprint density at radius 2 is 1.89 bits per heavy atom. The number of halogens is 3. The van der Waals surface area contributed by atoms with Gasteiger partial charge in [-0.2, -0.15) is 0 Å². The van der Waals surface area contributed by atoms with Gasteiger partial charge in [-0.3, -0.25) is 0 Å². The molecule has 7 heteroatoms. The lowest BCUT2D eigenvalue weighted by Crippen LogP contribution is -2.27. The molecule has 0 amide bonds.